The van der Waals surface area contributed by atoms with E-state index in [1.165, 1.54) is 17.8 Å². The lowest BCUT2D eigenvalue weighted by atomic mass is 10.0. The summed E-state index contributed by atoms with van der Waals surface area (Å²) in [6, 6.07) is 22.4. The summed E-state index contributed by atoms with van der Waals surface area (Å²) in [7, 11) is 1.59. The lowest BCUT2D eigenvalue weighted by molar-refractivity contribution is 0.0642. The van der Waals surface area contributed by atoms with Gasteiger partial charge in [-0.05, 0) is 67.6 Å². The van der Waals surface area contributed by atoms with Crippen molar-refractivity contribution >= 4 is 23.4 Å². The molecule has 0 radical (unpaired) electrons. The van der Waals surface area contributed by atoms with Crippen molar-refractivity contribution in [1.29, 1.82) is 0 Å². The zero-order valence-corrected chi connectivity index (χ0v) is 24.8. The number of hydrogen-bond acceptors (Lipinski definition) is 7. The highest BCUT2D eigenvalue weighted by Gasteiger charge is 2.38. The Hall–Kier alpha value is -5.02. The number of nitrogens with zero attached hydrogens (tertiary/aromatic N) is 3. The van der Waals surface area contributed by atoms with Crippen molar-refractivity contribution in [3.05, 3.63) is 118 Å². The zero-order chi connectivity index (χ0) is 31.0. The Bertz CT molecular complexity index is 1760. The number of anilines is 1. The Morgan fingerprint density at radius 2 is 1.64 bits per heavy atom. The van der Waals surface area contributed by atoms with Crippen molar-refractivity contribution in [2.45, 2.75) is 52.0 Å². The fraction of sp³-hybridized carbons (Fsp3) is 0.257. The van der Waals surface area contributed by atoms with Crippen LogP contribution in [0.4, 0.5) is 5.69 Å². The van der Waals surface area contributed by atoms with Crippen molar-refractivity contribution in [1.82, 2.24) is 9.88 Å². The maximum absolute atomic E-state index is 13.8. The summed E-state index contributed by atoms with van der Waals surface area (Å²) in [5.41, 5.74) is 4.69. The first-order valence-electron chi connectivity index (χ1n) is 14.6. The number of benzene rings is 3. The van der Waals surface area contributed by atoms with Gasteiger partial charge in [0.25, 0.3) is 17.7 Å². The number of aliphatic hydroxyl groups excluding tert-OH is 1. The van der Waals surface area contributed by atoms with Gasteiger partial charge in [0, 0.05) is 23.5 Å². The highest BCUT2D eigenvalue weighted by molar-refractivity contribution is 6.21. The maximum Gasteiger partial charge on any atom is 0.263 e. The molecule has 4 aromatic rings. The number of fused-ring (bicyclic) bond motifs is 2. The van der Waals surface area contributed by atoms with Crippen LogP contribution in [0.3, 0.4) is 0 Å². The maximum atomic E-state index is 13.8. The first-order chi connectivity index (χ1) is 21.3. The third-order valence-corrected chi connectivity index (χ3v) is 8.25. The van der Waals surface area contributed by atoms with E-state index >= 15 is 0 Å². The normalized spacial score (nSPS) is 16.3. The quantitative estimate of drug-likeness (QED) is 0.243. The molecule has 6 rings (SSSR count). The number of pyridine rings is 1. The fourth-order valence-electron chi connectivity index (χ4n) is 5.88. The third-order valence-electron chi connectivity index (χ3n) is 8.25. The molecule has 0 aliphatic carbocycles. The number of carbonyl (C=O) groups excluding carboxylic acids is 3. The van der Waals surface area contributed by atoms with Crippen molar-refractivity contribution < 1.29 is 29.0 Å². The first-order valence-corrected chi connectivity index (χ1v) is 14.6. The molecule has 0 saturated heterocycles. The molecule has 0 bridgehead atoms. The summed E-state index contributed by atoms with van der Waals surface area (Å²) in [5.74, 6) is 0.0651. The predicted molar refractivity (Wildman–Crippen MR) is 164 cm³/mol. The van der Waals surface area contributed by atoms with E-state index in [0.29, 0.717) is 34.0 Å². The van der Waals surface area contributed by atoms with Gasteiger partial charge in [0.15, 0.2) is 11.5 Å². The monoisotopic (exact) mass is 591 g/mol. The SMILES string of the molecule is COc1ccc(N2C(=O)c3cc(CN4C(=O)c5cnc(CO)cc5C4=O)ccc3C2C)cc1OC(C)CCc1ccccc1. The standard InChI is InChI=1S/C35H33N3O6/c1-21(9-10-23-7-5-4-6-8-23)44-32-17-26(12-14-31(32)43-3)38-22(2)27-13-11-24(15-28(27)35(38)42)19-37-33(40)29-16-25(20-39)36-18-30(29)34(37)41/h4-8,11-18,21-22,39H,9-10,19-20H2,1-3H3. The van der Waals surface area contributed by atoms with E-state index in [1.807, 2.05) is 62.4 Å². The molecule has 2 aliphatic heterocycles. The number of rotatable bonds is 10. The van der Waals surface area contributed by atoms with E-state index in [1.54, 1.807) is 18.1 Å². The number of aromatic nitrogens is 1. The van der Waals surface area contributed by atoms with Crippen molar-refractivity contribution in [2.75, 3.05) is 12.0 Å². The van der Waals surface area contributed by atoms with Gasteiger partial charge in [0.1, 0.15) is 0 Å². The molecule has 3 heterocycles. The summed E-state index contributed by atoms with van der Waals surface area (Å²) in [5, 5.41) is 9.38. The molecule has 0 saturated carbocycles. The molecule has 0 fully saturated rings. The van der Waals surface area contributed by atoms with Gasteiger partial charge in [-0.1, -0.05) is 42.5 Å². The number of hydrogen-bond donors (Lipinski definition) is 1. The molecule has 1 aromatic heterocycles. The molecule has 9 heteroatoms. The Balaban J connectivity index is 1.20. The lowest BCUT2D eigenvalue weighted by Crippen LogP contribution is -2.29. The molecule has 1 N–H and O–H groups in total. The van der Waals surface area contributed by atoms with E-state index < -0.39 is 11.8 Å². The lowest BCUT2D eigenvalue weighted by Gasteiger charge is -2.24. The van der Waals surface area contributed by atoms with Gasteiger partial charge in [-0.2, -0.15) is 0 Å². The number of imide groups is 1. The molecular formula is C35H33N3O6. The minimum Gasteiger partial charge on any atom is -0.493 e. The van der Waals surface area contributed by atoms with Crippen LogP contribution in [0.15, 0.2) is 79.0 Å². The number of ether oxygens (including phenoxy) is 2. The average Bonchev–Trinajstić information content (AvgIpc) is 3.43. The van der Waals surface area contributed by atoms with Crippen LogP contribution in [-0.4, -0.2) is 45.9 Å². The van der Waals surface area contributed by atoms with Gasteiger partial charge in [0.2, 0.25) is 0 Å². The van der Waals surface area contributed by atoms with Crippen molar-refractivity contribution in [2.24, 2.45) is 0 Å². The topological polar surface area (TPSA) is 109 Å². The Kier molecular flexibility index (Phi) is 7.88. The minimum absolute atomic E-state index is 0.0111. The molecule has 0 spiro atoms. The van der Waals surface area contributed by atoms with Crippen LogP contribution < -0.4 is 14.4 Å². The van der Waals surface area contributed by atoms with Gasteiger partial charge in [-0.15, -0.1) is 0 Å². The summed E-state index contributed by atoms with van der Waals surface area (Å²) in [4.78, 5) is 46.7. The third kappa shape index (κ3) is 5.31. The van der Waals surface area contributed by atoms with Crippen LogP contribution in [0.5, 0.6) is 11.5 Å². The first kappa shape index (κ1) is 29.1. The molecular weight excluding hydrogens is 558 g/mol. The number of aryl methyl sites for hydroxylation is 1. The van der Waals surface area contributed by atoms with Crippen LogP contribution in [0.1, 0.15) is 79.8 Å². The molecule has 2 atom stereocenters. The predicted octanol–water partition coefficient (Wildman–Crippen LogP) is 5.50. The van der Waals surface area contributed by atoms with Gasteiger partial charge in [-0.25, -0.2) is 0 Å². The van der Waals surface area contributed by atoms with E-state index in [0.717, 1.165) is 23.3 Å². The average molecular weight is 592 g/mol. The smallest absolute Gasteiger partial charge is 0.263 e. The van der Waals surface area contributed by atoms with Gasteiger partial charge in [0.05, 0.1) is 49.2 Å². The van der Waals surface area contributed by atoms with Crippen LogP contribution in [0, 0.1) is 0 Å². The van der Waals surface area contributed by atoms with E-state index in [9.17, 15) is 19.5 Å². The van der Waals surface area contributed by atoms with Gasteiger partial charge >= 0.3 is 0 Å². The van der Waals surface area contributed by atoms with Crippen molar-refractivity contribution in [3.63, 3.8) is 0 Å². The van der Waals surface area contributed by atoms with E-state index in [4.69, 9.17) is 9.47 Å². The summed E-state index contributed by atoms with van der Waals surface area (Å²) in [6.45, 7) is 3.67. The largest absolute Gasteiger partial charge is 0.493 e. The molecule has 3 amide bonds. The summed E-state index contributed by atoms with van der Waals surface area (Å²) in [6.07, 6.45) is 2.93. The van der Waals surface area contributed by atoms with Crippen LogP contribution in [0.2, 0.25) is 0 Å². The number of aliphatic hydroxyl groups is 1. The highest BCUT2D eigenvalue weighted by Crippen LogP contribution is 2.41. The Morgan fingerprint density at radius 1 is 0.864 bits per heavy atom. The second-order valence-electron chi connectivity index (χ2n) is 11.1. The zero-order valence-electron chi connectivity index (χ0n) is 24.8. The summed E-state index contributed by atoms with van der Waals surface area (Å²) < 4.78 is 11.9. The second kappa shape index (κ2) is 11.9. The van der Waals surface area contributed by atoms with Gasteiger partial charge in [-0.3, -0.25) is 24.3 Å². The second-order valence-corrected chi connectivity index (χ2v) is 11.1. The molecule has 224 valence electrons. The summed E-state index contributed by atoms with van der Waals surface area (Å²) >= 11 is 0. The number of carbonyl (C=O) groups is 3. The van der Waals surface area contributed by atoms with Crippen LogP contribution in [-0.2, 0) is 19.6 Å². The molecule has 3 aromatic carbocycles. The molecule has 44 heavy (non-hydrogen) atoms. The van der Waals surface area contributed by atoms with Crippen LogP contribution >= 0.6 is 0 Å². The highest BCUT2D eigenvalue weighted by atomic mass is 16.5. The Labute approximate surface area is 255 Å². The fourth-order valence-corrected chi connectivity index (χ4v) is 5.88. The van der Waals surface area contributed by atoms with Crippen LogP contribution in [0.25, 0.3) is 0 Å². The number of amides is 3. The Morgan fingerprint density at radius 3 is 2.39 bits per heavy atom. The molecule has 9 nitrogen and oxygen atoms in total. The molecule has 2 unspecified atom stereocenters. The van der Waals surface area contributed by atoms with E-state index in [-0.39, 0.29) is 42.3 Å². The minimum atomic E-state index is -0.451. The van der Waals surface area contributed by atoms with E-state index in [2.05, 4.69) is 17.1 Å². The molecule has 2 aliphatic rings. The van der Waals surface area contributed by atoms with Crippen molar-refractivity contribution in [3.8, 4) is 11.5 Å². The number of methoxy groups -OCH3 is 1. The van der Waals surface area contributed by atoms with Gasteiger partial charge < -0.3 is 19.5 Å².